The highest BCUT2D eigenvalue weighted by Crippen LogP contribution is 2.42. The van der Waals surface area contributed by atoms with Crippen LogP contribution in [-0.2, 0) is 11.8 Å². The number of carbonyl (C=O) groups excluding carboxylic acids is 2. The lowest BCUT2D eigenvalue weighted by atomic mass is 9.72. The number of likely N-dealkylation sites (tertiary alicyclic amines) is 1. The Bertz CT molecular complexity index is 746. The first-order valence-electron chi connectivity index (χ1n) is 9.92. The van der Waals surface area contributed by atoms with Crippen LogP contribution >= 0.6 is 11.6 Å². The molecule has 3 fully saturated rings. The van der Waals surface area contributed by atoms with Gasteiger partial charge >= 0.3 is 0 Å². The Balaban J connectivity index is 1.61. The van der Waals surface area contributed by atoms with Crippen LogP contribution in [0.1, 0.15) is 36.2 Å². The first kappa shape index (κ1) is 18.8. The van der Waals surface area contributed by atoms with Gasteiger partial charge in [-0.3, -0.25) is 9.59 Å². The van der Waals surface area contributed by atoms with Crippen LogP contribution in [0, 0.1) is 11.8 Å². The van der Waals surface area contributed by atoms with E-state index in [1.165, 1.54) is 0 Å². The van der Waals surface area contributed by atoms with Crippen LogP contribution in [0.5, 0.6) is 0 Å². The van der Waals surface area contributed by atoms with E-state index in [0.29, 0.717) is 41.4 Å². The van der Waals surface area contributed by atoms with Crippen LogP contribution < -0.4 is 0 Å². The summed E-state index contributed by atoms with van der Waals surface area (Å²) in [4.78, 5) is 32.3. The smallest absolute Gasteiger partial charge is 0.270 e. The third kappa shape index (κ3) is 3.38. The monoisotopic (exact) mass is 392 g/mol. The normalized spacial score (nSPS) is 30.6. The summed E-state index contributed by atoms with van der Waals surface area (Å²) >= 11 is 6.09. The van der Waals surface area contributed by atoms with E-state index in [2.05, 4.69) is 23.9 Å². The van der Waals surface area contributed by atoms with E-state index in [9.17, 15) is 9.59 Å². The van der Waals surface area contributed by atoms with E-state index < -0.39 is 0 Å². The maximum atomic E-state index is 13.2. The minimum Gasteiger partial charge on any atom is -0.345 e. The van der Waals surface area contributed by atoms with Gasteiger partial charge in [0, 0.05) is 51.4 Å². The molecule has 1 aromatic heterocycles. The Kier molecular flexibility index (Phi) is 4.97. The highest BCUT2D eigenvalue weighted by atomic mass is 35.5. The molecule has 3 aliphatic heterocycles. The Hall–Kier alpha value is -1.53. The van der Waals surface area contributed by atoms with Gasteiger partial charge in [0.2, 0.25) is 5.91 Å². The quantitative estimate of drug-likeness (QED) is 0.791. The number of amides is 2. The Morgan fingerprint density at radius 3 is 2.70 bits per heavy atom. The molecule has 4 atom stereocenters. The van der Waals surface area contributed by atoms with Crippen molar-refractivity contribution in [2.75, 3.05) is 33.7 Å². The van der Waals surface area contributed by atoms with Crippen molar-refractivity contribution >= 4 is 23.4 Å². The fourth-order valence-electron chi connectivity index (χ4n) is 5.45. The van der Waals surface area contributed by atoms with Gasteiger partial charge in [0.05, 0.1) is 5.02 Å². The summed E-state index contributed by atoms with van der Waals surface area (Å²) in [6.07, 6.45) is 5.59. The van der Waals surface area contributed by atoms with Crippen LogP contribution in [0.2, 0.25) is 5.02 Å². The number of carbonyl (C=O) groups is 2. The van der Waals surface area contributed by atoms with Crippen molar-refractivity contribution in [3.63, 3.8) is 0 Å². The first-order valence-corrected chi connectivity index (χ1v) is 10.3. The molecule has 3 aliphatic rings. The Morgan fingerprint density at radius 2 is 2.04 bits per heavy atom. The van der Waals surface area contributed by atoms with E-state index in [-0.39, 0.29) is 18.0 Å². The van der Waals surface area contributed by atoms with Gasteiger partial charge in [-0.15, -0.1) is 0 Å². The van der Waals surface area contributed by atoms with Gasteiger partial charge in [-0.25, -0.2) is 0 Å². The molecule has 0 radical (unpaired) electrons. The topological polar surface area (TPSA) is 48.8 Å². The third-order valence-electron chi connectivity index (χ3n) is 6.53. The number of aromatic nitrogens is 1. The second-order valence-electron chi connectivity index (χ2n) is 8.71. The second kappa shape index (κ2) is 7.13. The standard InChI is InChI=1S/C20H29ClN4O2/c1-22(2)12-18-14-7-13(16-5-4-6-19(26)25(16)18)9-24(10-14)20(27)17-8-15(21)11-23(17)3/h8,11,13-14,16,18H,4-7,9-10,12H2,1-3H3/t13-,14+,16+,18+/m1/s1. The zero-order valence-corrected chi connectivity index (χ0v) is 17.2. The Labute approximate surface area is 166 Å². The van der Waals surface area contributed by atoms with Crippen LogP contribution in [0.25, 0.3) is 0 Å². The molecule has 4 rings (SSSR count). The predicted molar refractivity (Wildman–Crippen MR) is 105 cm³/mol. The zero-order chi connectivity index (χ0) is 19.3. The molecule has 0 saturated carbocycles. The average molecular weight is 393 g/mol. The van der Waals surface area contributed by atoms with Crippen molar-refractivity contribution in [3.05, 3.63) is 23.0 Å². The fourth-order valence-corrected chi connectivity index (χ4v) is 5.70. The van der Waals surface area contributed by atoms with Crippen LogP contribution in [-0.4, -0.2) is 76.9 Å². The lowest BCUT2D eigenvalue weighted by Crippen LogP contribution is -2.67. The molecule has 6 nitrogen and oxygen atoms in total. The lowest BCUT2D eigenvalue weighted by molar-refractivity contribution is -0.152. The third-order valence-corrected chi connectivity index (χ3v) is 6.73. The van der Waals surface area contributed by atoms with E-state index in [4.69, 9.17) is 11.6 Å². The fraction of sp³-hybridized carbons (Fsp3) is 0.700. The van der Waals surface area contributed by atoms with Crippen LogP contribution in [0.4, 0.5) is 0 Å². The molecule has 148 valence electrons. The van der Waals surface area contributed by atoms with Gasteiger partial charge in [-0.1, -0.05) is 11.6 Å². The van der Waals surface area contributed by atoms with Gasteiger partial charge < -0.3 is 19.3 Å². The van der Waals surface area contributed by atoms with Gasteiger partial charge in [0.1, 0.15) is 5.69 Å². The van der Waals surface area contributed by atoms with Gasteiger partial charge in [-0.2, -0.15) is 0 Å². The molecule has 4 heterocycles. The van der Waals surface area contributed by atoms with Crippen molar-refractivity contribution in [1.82, 2.24) is 19.3 Å². The maximum Gasteiger partial charge on any atom is 0.270 e. The molecule has 0 aliphatic carbocycles. The van der Waals surface area contributed by atoms with Crippen LogP contribution in [0.15, 0.2) is 12.3 Å². The summed E-state index contributed by atoms with van der Waals surface area (Å²) in [5.41, 5.74) is 0.640. The molecule has 2 amide bonds. The average Bonchev–Trinajstić information content (AvgIpc) is 2.96. The van der Waals surface area contributed by atoms with Crippen molar-refractivity contribution < 1.29 is 9.59 Å². The van der Waals surface area contributed by atoms with E-state index in [0.717, 1.165) is 32.4 Å². The number of piperidine rings is 3. The number of aryl methyl sites for hydroxylation is 1. The van der Waals surface area contributed by atoms with E-state index in [1.54, 1.807) is 12.3 Å². The molecule has 0 aromatic carbocycles. The molecule has 2 bridgehead atoms. The number of likely N-dealkylation sites (N-methyl/N-ethyl adjacent to an activating group) is 1. The number of nitrogens with zero attached hydrogens (tertiary/aromatic N) is 4. The zero-order valence-electron chi connectivity index (χ0n) is 16.4. The highest BCUT2D eigenvalue weighted by Gasteiger charge is 2.50. The molecule has 7 heteroatoms. The van der Waals surface area contributed by atoms with Crippen molar-refractivity contribution in [2.24, 2.45) is 18.9 Å². The van der Waals surface area contributed by atoms with Gasteiger partial charge in [0.15, 0.2) is 0 Å². The molecule has 0 N–H and O–H groups in total. The minimum atomic E-state index is 0.0540. The molecule has 1 aromatic rings. The summed E-state index contributed by atoms with van der Waals surface area (Å²) in [6, 6.07) is 2.23. The number of rotatable bonds is 3. The second-order valence-corrected chi connectivity index (χ2v) is 9.15. The summed E-state index contributed by atoms with van der Waals surface area (Å²) in [5, 5.41) is 0.590. The van der Waals surface area contributed by atoms with Crippen molar-refractivity contribution in [1.29, 1.82) is 0 Å². The summed E-state index contributed by atoms with van der Waals surface area (Å²) < 4.78 is 1.81. The number of hydrogen-bond donors (Lipinski definition) is 0. The molecule has 0 spiro atoms. The van der Waals surface area contributed by atoms with Crippen LogP contribution in [0.3, 0.4) is 0 Å². The molecular weight excluding hydrogens is 364 g/mol. The van der Waals surface area contributed by atoms with Crippen molar-refractivity contribution in [2.45, 2.75) is 37.8 Å². The highest BCUT2D eigenvalue weighted by molar-refractivity contribution is 6.31. The predicted octanol–water partition coefficient (Wildman–Crippen LogP) is 2.08. The van der Waals surface area contributed by atoms with E-state index in [1.807, 2.05) is 16.5 Å². The van der Waals surface area contributed by atoms with Gasteiger partial charge in [-0.05, 0) is 51.3 Å². The largest absolute Gasteiger partial charge is 0.345 e. The summed E-state index contributed by atoms with van der Waals surface area (Å²) in [6.45, 7) is 2.31. The lowest BCUT2D eigenvalue weighted by Gasteiger charge is -2.57. The van der Waals surface area contributed by atoms with E-state index >= 15 is 0 Å². The minimum absolute atomic E-state index is 0.0540. The maximum absolute atomic E-state index is 13.2. The number of halogens is 1. The van der Waals surface area contributed by atoms with Gasteiger partial charge in [0.25, 0.3) is 5.91 Å². The molecular formula is C20H29ClN4O2. The molecule has 0 unspecified atom stereocenters. The van der Waals surface area contributed by atoms with Crippen molar-refractivity contribution in [3.8, 4) is 0 Å². The SMILES string of the molecule is CN(C)C[C@H]1[C@H]2C[C@H](CN(C(=O)c3cc(Cl)cn3C)C2)[C@@H]2CCCC(=O)N21. The first-order chi connectivity index (χ1) is 12.8. The molecule has 27 heavy (non-hydrogen) atoms. The summed E-state index contributed by atoms with van der Waals surface area (Å²) in [5.74, 6) is 1.08. The number of fused-ring (bicyclic) bond motifs is 4. The molecule has 3 saturated heterocycles. The summed E-state index contributed by atoms with van der Waals surface area (Å²) in [7, 11) is 5.99. The Morgan fingerprint density at radius 1 is 1.30 bits per heavy atom. The number of hydrogen-bond acceptors (Lipinski definition) is 3.